The monoisotopic (exact) mass is 398 g/mol. The summed E-state index contributed by atoms with van der Waals surface area (Å²) in [4.78, 5) is 0. The van der Waals surface area contributed by atoms with Crippen molar-refractivity contribution in [3.05, 3.63) is 71.9 Å². The summed E-state index contributed by atoms with van der Waals surface area (Å²) in [5, 5.41) is 0. The predicted octanol–water partition coefficient (Wildman–Crippen LogP) is 6.53. The first-order valence-electron chi connectivity index (χ1n) is 11.3. The van der Waals surface area contributed by atoms with Crippen molar-refractivity contribution in [3.8, 4) is 28.1 Å². The highest BCUT2D eigenvalue weighted by molar-refractivity contribution is 5.74. The van der Waals surface area contributed by atoms with Gasteiger partial charge in [0.25, 0.3) is 0 Å². The van der Waals surface area contributed by atoms with E-state index in [0.717, 1.165) is 12.2 Å². The Morgan fingerprint density at radius 2 is 1.63 bits per heavy atom. The summed E-state index contributed by atoms with van der Waals surface area (Å²) in [5.41, 5.74) is 7.84. The molecule has 0 saturated heterocycles. The largest absolute Gasteiger partial charge is 0.487 e. The molecule has 1 fully saturated rings. The number of ether oxygens (including phenoxy) is 1. The SMILES string of the molecule is Cc1ccc(-c2ccc3c(c2)OC2(CCCC2)CC3(C)C)cc1-c1cccc[n+]1C. The molecule has 0 bridgehead atoms. The average molecular weight is 399 g/mol. The van der Waals surface area contributed by atoms with Gasteiger partial charge in [-0.1, -0.05) is 38.1 Å². The second kappa shape index (κ2) is 6.97. The number of fused-ring (bicyclic) bond motifs is 1. The zero-order chi connectivity index (χ0) is 20.9. The highest BCUT2D eigenvalue weighted by Gasteiger charge is 2.46. The quantitative estimate of drug-likeness (QED) is 0.448. The molecular formula is C28H32NO+. The van der Waals surface area contributed by atoms with Gasteiger partial charge >= 0.3 is 0 Å². The van der Waals surface area contributed by atoms with E-state index in [1.54, 1.807) is 0 Å². The predicted molar refractivity (Wildman–Crippen MR) is 123 cm³/mol. The lowest BCUT2D eigenvalue weighted by Crippen LogP contribution is -2.43. The molecule has 0 unspecified atom stereocenters. The van der Waals surface area contributed by atoms with Crippen molar-refractivity contribution in [1.82, 2.24) is 0 Å². The summed E-state index contributed by atoms with van der Waals surface area (Å²) < 4.78 is 8.92. The van der Waals surface area contributed by atoms with Crippen LogP contribution in [-0.2, 0) is 12.5 Å². The number of aryl methyl sites for hydroxylation is 2. The molecule has 2 aliphatic rings. The zero-order valence-electron chi connectivity index (χ0n) is 18.7. The van der Waals surface area contributed by atoms with E-state index < -0.39 is 0 Å². The van der Waals surface area contributed by atoms with Gasteiger partial charge in [0.15, 0.2) is 6.20 Å². The molecule has 2 heterocycles. The maximum Gasteiger partial charge on any atom is 0.212 e. The van der Waals surface area contributed by atoms with E-state index in [9.17, 15) is 0 Å². The van der Waals surface area contributed by atoms with Crippen LogP contribution in [0.2, 0.25) is 0 Å². The second-order valence-corrected chi connectivity index (χ2v) is 9.99. The summed E-state index contributed by atoms with van der Waals surface area (Å²) in [7, 11) is 2.11. The third-order valence-corrected chi connectivity index (χ3v) is 7.22. The average Bonchev–Trinajstić information content (AvgIpc) is 3.15. The Kier molecular flexibility index (Phi) is 4.50. The Morgan fingerprint density at radius 3 is 2.40 bits per heavy atom. The number of aromatic nitrogens is 1. The van der Waals surface area contributed by atoms with E-state index in [1.165, 1.54) is 59.2 Å². The first-order valence-corrected chi connectivity index (χ1v) is 11.3. The third-order valence-electron chi connectivity index (χ3n) is 7.22. The lowest BCUT2D eigenvalue weighted by Gasteiger charge is -2.44. The van der Waals surface area contributed by atoms with Gasteiger partial charge < -0.3 is 4.74 Å². The summed E-state index contributed by atoms with van der Waals surface area (Å²) in [6.45, 7) is 6.95. The molecule has 0 atom stereocenters. The first kappa shape index (κ1) is 19.4. The smallest absolute Gasteiger partial charge is 0.212 e. The van der Waals surface area contributed by atoms with Gasteiger partial charge in [0, 0.05) is 17.7 Å². The molecule has 1 aliphatic heterocycles. The Balaban J connectivity index is 1.58. The summed E-state index contributed by atoms with van der Waals surface area (Å²) in [6.07, 6.45) is 8.21. The van der Waals surface area contributed by atoms with E-state index in [2.05, 4.69) is 93.2 Å². The standard InChI is InChI=1S/C28H32NO/c1-20-10-11-21(17-23(20)25-9-5-8-16-29(25)4)22-12-13-24-26(18-22)30-28(14-6-7-15-28)19-27(24,2)3/h5,8-13,16-18H,6-7,14-15,19H2,1-4H3/q+1. The number of pyridine rings is 1. The molecule has 1 spiro atoms. The van der Waals surface area contributed by atoms with Gasteiger partial charge in [-0.3, -0.25) is 0 Å². The van der Waals surface area contributed by atoms with Crippen molar-refractivity contribution in [2.75, 3.05) is 0 Å². The highest BCUT2D eigenvalue weighted by atomic mass is 16.5. The van der Waals surface area contributed by atoms with Gasteiger partial charge in [0.1, 0.15) is 18.4 Å². The molecule has 0 amide bonds. The molecule has 1 aliphatic carbocycles. The molecule has 2 aromatic carbocycles. The highest BCUT2D eigenvalue weighted by Crippen LogP contribution is 2.51. The summed E-state index contributed by atoms with van der Waals surface area (Å²) in [5.74, 6) is 1.10. The van der Waals surface area contributed by atoms with Gasteiger partial charge in [0.2, 0.25) is 5.69 Å². The molecule has 0 radical (unpaired) electrons. The minimum Gasteiger partial charge on any atom is -0.487 e. The maximum atomic E-state index is 6.73. The second-order valence-electron chi connectivity index (χ2n) is 9.99. The van der Waals surface area contributed by atoms with Crippen molar-refractivity contribution in [2.24, 2.45) is 7.05 Å². The van der Waals surface area contributed by atoms with Crippen molar-refractivity contribution >= 4 is 0 Å². The Hall–Kier alpha value is -2.61. The Bertz CT molecular complexity index is 1110. The lowest BCUT2D eigenvalue weighted by atomic mass is 9.71. The molecule has 154 valence electrons. The molecular weight excluding hydrogens is 366 g/mol. The van der Waals surface area contributed by atoms with Crippen molar-refractivity contribution in [2.45, 2.75) is 63.9 Å². The molecule has 2 nitrogen and oxygen atoms in total. The third kappa shape index (κ3) is 3.23. The van der Waals surface area contributed by atoms with Crippen molar-refractivity contribution < 1.29 is 9.30 Å². The molecule has 1 saturated carbocycles. The molecule has 3 aromatic rings. The Labute approximate surface area is 180 Å². The van der Waals surface area contributed by atoms with Gasteiger partial charge in [-0.15, -0.1) is 0 Å². The number of nitrogens with zero attached hydrogens (tertiary/aromatic N) is 1. The van der Waals surface area contributed by atoms with Crippen LogP contribution in [-0.4, -0.2) is 5.60 Å². The fourth-order valence-corrected chi connectivity index (χ4v) is 5.69. The fourth-order valence-electron chi connectivity index (χ4n) is 5.69. The molecule has 1 aromatic heterocycles. The van der Waals surface area contributed by atoms with Crippen LogP contribution in [0.1, 0.15) is 57.1 Å². The number of hydrogen-bond acceptors (Lipinski definition) is 1. The van der Waals surface area contributed by atoms with Crippen LogP contribution in [0, 0.1) is 6.92 Å². The van der Waals surface area contributed by atoms with Crippen LogP contribution in [0.5, 0.6) is 5.75 Å². The van der Waals surface area contributed by atoms with Gasteiger partial charge in [-0.2, -0.15) is 0 Å². The lowest BCUT2D eigenvalue weighted by molar-refractivity contribution is -0.660. The van der Waals surface area contributed by atoms with Crippen LogP contribution < -0.4 is 9.30 Å². The van der Waals surface area contributed by atoms with Gasteiger partial charge in [0.05, 0.1) is 0 Å². The molecule has 2 heteroatoms. The van der Waals surface area contributed by atoms with Crippen molar-refractivity contribution in [3.63, 3.8) is 0 Å². The van der Waals surface area contributed by atoms with E-state index >= 15 is 0 Å². The fraction of sp³-hybridized carbons (Fsp3) is 0.393. The first-order chi connectivity index (χ1) is 14.4. The molecule has 5 rings (SSSR count). The zero-order valence-corrected chi connectivity index (χ0v) is 18.7. The summed E-state index contributed by atoms with van der Waals surface area (Å²) in [6, 6.07) is 20.0. The van der Waals surface area contributed by atoms with E-state index in [-0.39, 0.29) is 11.0 Å². The van der Waals surface area contributed by atoms with E-state index in [4.69, 9.17) is 4.74 Å². The topological polar surface area (TPSA) is 13.1 Å². The summed E-state index contributed by atoms with van der Waals surface area (Å²) >= 11 is 0. The minimum absolute atomic E-state index is 0.0470. The number of hydrogen-bond donors (Lipinski definition) is 0. The van der Waals surface area contributed by atoms with E-state index in [0.29, 0.717) is 0 Å². The van der Waals surface area contributed by atoms with Crippen LogP contribution in [0.4, 0.5) is 0 Å². The van der Waals surface area contributed by atoms with Crippen LogP contribution in [0.15, 0.2) is 60.8 Å². The van der Waals surface area contributed by atoms with E-state index in [1.807, 2.05) is 0 Å². The van der Waals surface area contributed by atoms with Crippen LogP contribution >= 0.6 is 0 Å². The maximum absolute atomic E-state index is 6.73. The van der Waals surface area contributed by atoms with Crippen LogP contribution in [0.3, 0.4) is 0 Å². The Morgan fingerprint density at radius 1 is 0.900 bits per heavy atom. The molecule has 30 heavy (non-hydrogen) atoms. The number of rotatable bonds is 2. The van der Waals surface area contributed by atoms with Crippen LogP contribution in [0.25, 0.3) is 22.4 Å². The normalized spacial score (nSPS) is 18.8. The van der Waals surface area contributed by atoms with Gasteiger partial charge in [-0.05, 0) is 84.9 Å². The number of benzene rings is 2. The molecule has 0 N–H and O–H groups in total. The minimum atomic E-state index is 0.0470. The van der Waals surface area contributed by atoms with Crippen molar-refractivity contribution in [1.29, 1.82) is 0 Å². The van der Waals surface area contributed by atoms with Gasteiger partial charge in [-0.25, -0.2) is 4.57 Å².